The van der Waals surface area contributed by atoms with Gasteiger partial charge >= 0.3 is 6.09 Å². The highest BCUT2D eigenvalue weighted by Crippen LogP contribution is 1.84. The minimum Gasteiger partial charge on any atom is -0.465 e. The van der Waals surface area contributed by atoms with Gasteiger partial charge in [0.15, 0.2) is 0 Å². The van der Waals surface area contributed by atoms with Gasteiger partial charge in [-0.15, -0.1) is 0 Å². The van der Waals surface area contributed by atoms with E-state index in [1.807, 2.05) is 0 Å². The summed E-state index contributed by atoms with van der Waals surface area (Å²) in [5.41, 5.74) is 8.05. The molecular formula is C13H26N4O7. The fourth-order valence-corrected chi connectivity index (χ4v) is 1.36. The molecular weight excluding hydrogens is 324 g/mol. The number of nitrogens with zero attached hydrogens (tertiary/aromatic N) is 3. The van der Waals surface area contributed by atoms with Crippen molar-refractivity contribution in [3.63, 3.8) is 0 Å². The summed E-state index contributed by atoms with van der Waals surface area (Å²) >= 11 is 0. The van der Waals surface area contributed by atoms with Crippen molar-refractivity contribution in [3.8, 4) is 0 Å². The van der Waals surface area contributed by atoms with Crippen LogP contribution in [0.5, 0.6) is 0 Å². The van der Waals surface area contributed by atoms with E-state index in [4.69, 9.17) is 34.3 Å². The average molecular weight is 350 g/mol. The number of azide groups is 1. The second-order valence-electron chi connectivity index (χ2n) is 4.25. The summed E-state index contributed by atoms with van der Waals surface area (Å²) in [6.07, 6.45) is -1.06. The second kappa shape index (κ2) is 19.4. The van der Waals surface area contributed by atoms with Crippen LogP contribution in [0.15, 0.2) is 5.11 Å². The highest BCUT2D eigenvalue weighted by molar-refractivity contribution is 5.64. The molecule has 0 aromatic rings. The van der Waals surface area contributed by atoms with Crippen LogP contribution in [0, 0.1) is 0 Å². The van der Waals surface area contributed by atoms with E-state index in [1.165, 1.54) is 0 Å². The zero-order chi connectivity index (χ0) is 17.7. The number of rotatable bonds is 18. The van der Waals surface area contributed by atoms with Gasteiger partial charge < -0.3 is 34.1 Å². The van der Waals surface area contributed by atoms with Crippen molar-refractivity contribution in [3.05, 3.63) is 10.4 Å². The Hall–Kier alpha value is -1.62. The second-order valence-corrected chi connectivity index (χ2v) is 4.25. The number of hydrogen-bond acceptors (Lipinski definition) is 7. The lowest BCUT2D eigenvalue weighted by molar-refractivity contribution is -0.0102. The number of carbonyl (C=O) groups is 1. The Morgan fingerprint density at radius 2 is 1.25 bits per heavy atom. The van der Waals surface area contributed by atoms with Gasteiger partial charge in [0, 0.05) is 18.0 Å². The summed E-state index contributed by atoms with van der Waals surface area (Å²) in [6.45, 7) is 4.91. The van der Waals surface area contributed by atoms with Crippen molar-refractivity contribution in [2.75, 3.05) is 79.2 Å². The van der Waals surface area contributed by atoms with Crippen LogP contribution in [-0.2, 0) is 23.7 Å². The van der Waals surface area contributed by atoms with Crippen LogP contribution in [0.3, 0.4) is 0 Å². The van der Waals surface area contributed by atoms with E-state index in [2.05, 4.69) is 15.3 Å². The summed E-state index contributed by atoms with van der Waals surface area (Å²) < 4.78 is 26.2. The molecule has 2 N–H and O–H groups in total. The fourth-order valence-electron chi connectivity index (χ4n) is 1.36. The first-order chi connectivity index (χ1) is 11.8. The van der Waals surface area contributed by atoms with Crippen LogP contribution >= 0.6 is 0 Å². The van der Waals surface area contributed by atoms with Crippen LogP contribution in [-0.4, -0.2) is 90.4 Å². The molecule has 0 heterocycles. The van der Waals surface area contributed by atoms with Crippen LogP contribution in [0.2, 0.25) is 0 Å². The first kappa shape index (κ1) is 22.4. The van der Waals surface area contributed by atoms with E-state index in [9.17, 15) is 4.79 Å². The maximum atomic E-state index is 10.1. The van der Waals surface area contributed by atoms with E-state index < -0.39 is 6.09 Å². The molecule has 0 atom stereocenters. The Balaban J connectivity index is 3.00. The fraction of sp³-hybridized carbons (Fsp3) is 0.923. The van der Waals surface area contributed by atoms with Gasteiger partial charge in [0.2, 0.25) is 0 Å². The van der Waals surface area contributed by atoms with Crippen molar-refractivity contribution >= 4 is 6.09 Å². The smallest absolute Gasteiger partial charge is 0.404 e. The Morgan fingerprint density at radius 3 is 1.67 bits per heavy atom. The Kier molecular flexibility index (Phi) is 18.1. The van der Waals surface area contributed by atoms with Gasteiger partial charge in [-0.05, 0) is 5.53 Å². The molecule has 140 valence electrons. The van der Waals surface area contributed by atoms with Gasteiger partial charge in [-0.25, -0.2) is 4.79 Å². The van der Waals surface area contributed by atoms with Crippen molar-refractivity contribution in [2.45, 2.75) is 0 Å². The number of hydrogen-bond donors (Lipinski definition) is 2. The largest absolute Gasteiger partial charge is 0.465 e. The average Bonchev–Trinajstić information content (AvgIpc) is 2.56. The summed E-state index contributed by atoms with van der Waals surface area (Å²) in [5, 5.41) is 13.9. The van der Waals surface area contributed by atoms with E-state index >= 15 is 0 Å². The highest BCUT2D eigenvalue weighted by atomic mass is 16.6. The Bertz CT molecular complexity index is 322. The molecule has 0 spiro atoms. The lowest BCUT2D eigenvalue weighted by atomic mass is 10.6. The summed E-state index contributed by atoms with van der Waals surface area (Å²) in [4.78, 5) is 12.8. The van der Waals surface area contributed by atoms with Crippen LogP contribution in [0.25, 0.3) is 10.4 Å². The van der Waals surface area contributed by atoms with Crippen molar-refractivity contribution in [1.29, 1.82) is 0 Å². The molecule has 0 unspecified atom stereocenters. The van der Waals surface area contributed by atoms with Gasteiger partial charge in [0.25, 0.3) is 0 Å². The van der Waals surface area contributed by atoms with Gasteiger partial charge in [-0.2, -0.15) is 0 Å². The molecule has 0 aliphatic heterocycles. The monoisotopic (exact) mass is 350 g/mol. The lowest BCUT2D eigenvalue weighted by Gasteiger charge is -2.07. The highest BCUT2D eigenvalue weighted by Gasteiger charge is 1.95. The zero-order valence-electron chi connectivity index (χ0n) is 13.7. The number of carboxylic acid groups (broad SMARTS) is 1. The van der Waals surface area contributed by atoms with Gasteiger partial charge in [0.1, 0.15) is 0 Å². The maximum absolute atomic E-state index is 10.1. The Morgan fingerprint density at radius 1 is 0.833 bits per heavy atom. The molecule has 11 heteroatoms. The summed E-state index contributed by atoms with van der Waals surface area (Å²) in [5.74, 6) is 0. The third-order valence-electron chi connectivity index (χ3n) is 2.41. The predicted molar refractivity (Wildman–Crippen MR) is 84.1 cm³/mol. The molecule has 0 fully saturated rings. The molecule has 1 amide bonds. The van der Waals surface area contributed by atoms with E-state index in [0.29, 0.717) is 72.6 Å². The van der Waals surface area contributed by atoms with Gasteiger partial charge in [0.05, 0.1) is 66.1 Å². The standard InChI is InChI=1S/C13H26N4O7/c14-17-16-2-4-21-6-8-23-10-12-24-11-9-22-7-5-20-3-1-15-13(18)19/h15H,1-12H2,(H,18,19). The normalized spacial score (nSPS) is 10.3. The minimum absolute atomic E-state index is 0.261. The summed E-state index contributed by atoms with van der Waals surface area (Å²) in [6, 6.07) is 0. The third kappa shape index (κ3) is 20.4. The van der Waals surface area contributed by atoms with E-state index in [-0.39, 0.29) is 6.54 Å². The van der Waals surface area contributed by atoms with Crippen LogP contribution in [0.4, 0.5) is 4.79 Å². The molecule has 0 radical (unpaired) electrons. The van der Waals surface area contributed by atoms with Crippen molar-refractivity contribution < 1.29 is 33.6 Å². The molecule has 0 bridgehead atoms. The molecule has 0 saturated heterocycles. The van der Waals surface area contributed by atoms with Crippen molar-refractivity contribution in [2.24, 2.45) is 5.11 Å². The van der Waals surface area contributed by atoms with Gasteiger partial charge in [-0.1, -0.05) is 5.11 Å². The quantitative estimate of drug-likeness (QED) is 0.160. The third-order valence-corrected chi connectivity index (χ3v) is 2.41. The number of amides is 1. The molecule has 24 heavy (non-hydrogen) atoms. The molecule has 0 aromatic heterocycles. The first-order valence-corrected chi connectivity index (χ1v) is 7.63. The number of ether oxygens (including phenoxy) is 5. The first-order valence-electron chi connectivity index (χ1n) is 7.63. The molecule has 0 aliphatic carbocycles. The molecule has 0 rings (SSSR count). The molecule has 0 saturated carbocycles. The summed E-state index contributed by atoms with van der Waals surface area (Å²) in [7, 11) is 0. The lowest BCUT2D eigenvalue weighted by Crippen LogP contribution is -2.25. The molecule has 11 nitrogen and oxygen atoms in total. The SMILES string of the molecule is [N-]=[N+]=NCCOCCOCCOCCOCCOCCNC(=O)O. The van der Waals surface area contributed by atoms with Gasteiger partial charge in [-0.3, -0.25) is 0 Å². The predicted octanol–water partition coefficient (Wildman–Crippen LogP) is 0.647. The van der Waals surface area contributed by atoms with E-state index in [0.717, 1.165) is 0 Å². The molecule has 0 aromatic carbocycles. The van der Waals surface area contributed by atoms with Crippen molar-refractivity contribution in [1.82, 2.24) is 5.32 Å². The van der Waals surface area contributed by atoms with Crippen LogP contribution < -0.4 is 5.32 Å². The van der Waals surface area contributed by atoms with E-state index in [1.54, 1.807) is 0 Å². The zero-order valence-corrected chi connectivity index (χ0v) is 13.7. The Labute approximate surface area is 140 Å². The molecule has 0 aliphatic rings. The minimum atomic E-state index is -1.06. The number of nitrogens with one attached hydrogen (secondary N) is 1. The van der Waals surface area contributed by atoms with Crippen LogP contribution in [0.1, 0.15) is 0 Å². The maximum Gasteiger partial charge on any atom is 0.404 e. The topological polar surface area (TPSA) is 144 Å².